The molecule has 1 fully saturated rings. The van der Waals surface area contributed by atoms with E-state index in [2.05, 4.69) is 14.6 Å². The van der Waals surface area contributed by atoms with E-state index in [1.165, 1.54) is 6.92 Å². The van der Waals surface area contributed by atoms with Crippen LogP contribution in [0.2, 0.25) is 0 Å². The maximum absolute atomic E-state index is 12.6. The van der Waals surface area contributed by atoms with Crippen molar-refractivity contribution < 1.29 is 51.7 Å². The van der Waals surface area contributed by atoms with E-state index in [0.717, 1.165) is 0 Å². The monoisotopic (exact) mass is 534 g/mol. The Balaban J connectivity index is 1.85. The van der Waals surface area contributed by atoms with Crippen LogP contribution in [-0.2, 0) is 39.9 Å². The number of aryl methyl sites for hydroxylation is 1. The van der Waals surface area contributed by atoms with Crippen LogP contribution in [0.3, 0.4) is 0 Å². The van der Waals surface area contributed by atoms with Gasteiger partial charge < -0.3 is 37.8 Å². The molecular weight excluding hydrogens is 504 g/mol. The highest BCUT2D eigenvalue weighted by Crippen LogP contribution is 2.13. The van der Waals surface area contributed by atoms with E-state index < -0.39 is 47.9 Å². The number of hydrogen-bond acceptors (Lipinski definition) is 14. The number of esters is 2. The predicted octanol–water partition coefficient (Wildman–Crippen LogP) is 1.04. The topological polar surface area (TPSA) is 173 Å². The van der Waals surface area contributed by atoms with Crippen LogP contribution in [0.15, 0.2) is 13.6 Å². The van der Waals surface area contributed by atoms with E-state index in [1.54, 1.807) is 13.8 Å². The highest BCUT2D eigenvalue weighted by molar-refractivity contribution is 8.13. The molecule has 2 rings (SSSR count). The van der Waals surface area contributed by atoms with E-state index in [4.69, 9.17) is 28.1 Å². The van der Waals surface area contributed by atoms with Crippen LogP contribution >= 0.6 is 11.8 Å². The number of rotatable bonds is 12. The Labute approximate surface area is 210 Å². The summed E-state index contributed by atoms with van der Waals surface area (Å²) in [5.41, 5.74) is 0. The highest BCUT2D eigenvalue weighted by atomic mass is 32.2. The zero-order chi connectivity index (χ0) is 26.5. The van der Waals surface area contributed by atoms with Crippen LogP contribution in [0.25, 0.3) is 0 Å². The molecule has 1 aromatic heterocycles. The molecule has 0 aliphatic carbocycles. The van der Waals surface area contributed by atoms with Crippen molar-refractivity contribution in [3.63, 3.8) is 0 Å². The van der Waals surface area contributed by atoms with E-state index in [1.807, 2.05) is 0 Å². The average Bonchev–Trinajstić information content (AvgIpc) is 3.17. The predicted molar refractivity (Wildman–Crippen MR) is 122 cm³/mol. The molecule has 1 aromatic rings. The first-order valence-electron chi connectivity index (χ1n) is 11.1. The Morgan fingerprint density at radius 1 is 1.03 bits per heavy atom. The molecule has 14 nitrogen and oxygen atoms in total. The summed E-state index contributed by atoms with van der Waals surface area (Å²) in [5.74, 6) is -2.72. The van der Waals surface area contributed by atoms with Gasteiger partial charge in [-0.2, -0.15) is 0 Å². The first kappa shape index (κ1) is 29.2. The number of nitrogens with zero attached hydrogens (tertiary/aromatic N) is 1. The second-order valence-electron chi connectivity index (χ2n) is 7.77. The van der Waals surface area contributed by atoms with Gasteiger partial charge in [0.25, 0.3) is 0 Å². The van der Waals surface area contributed by atoms with Crippen LogP contribution in [0.4, 0.5) is 9.59 Å². The number of ether oxygens (including phenoxy) is 5. The fourth-order valence-corrected chi connectivity index (χ4v) is 3.35. The summed E-state index contributed by atoms with van der Waals surface area (Å²) in [7, 11) is 0. The fraction of sp³-hybridized carbons (Fsp3) is 0.667. The SMILES string of the molecule is Cc1oc(=O)oc1COC(=O)SC[C@H](NC(=O)OCOC(=O)C(C)C)C(=O)OCCN1CCOCC1. The molecule has 0 unspecified atom stereocenters. The minimum atomic E-state index is -1.27. The molecule has 1 saturated heterocycles. The number of nitrogens with one attached hydrogen (secondary N) is 1. The van der Waals surface area contributed by atoms with Crippen molar-refractivity contribution in [1.82, 2.24) is 10.2 Å². The van der Waals surface area contributed by atoms with Crippen molar-refractivity contribution in [2.24, 2.45) is 5.92 Å². The Kier molecular flexibility index (Phi) is 12.3. The first-order chi connectivity index (χ1) is 17.2. The average molecular weight is 535 g/mol. The van der Waals surface area contributed by atoms with E-state index in [9.17, 15) is 24.0 Å². The number of carbonyl (C=O) groups excluding carboxylic acids is 4. The molecule has 1 N–H and O–H groups in total. The van der Waals surface area contributed by atoms with Gasteiger partial charge in [-0.1, -0.05) is 13.8 Å². The van der Waals surface area contributed by atoms with Gasteiger partial charge >= 0.3 is 29.2 Å². The van der Waals surface area contributed by atoms with Crippen molar-refractivity contribution >= 4 is 35.1 Å². The lowest BCUT2D eigenvalue weighted by Crippen LogP contribution is -2.45. The third kappa shape index (κ3) is 10.7. The van der Waals surface area contributed by atoms with Gasteiger partial charge in [0.15, 0.2) is 18.1 Å². The molecule has 0 saturated carbocycles. The molecule has 1 atom stereocenters. The number of amides is 1. The summed E-state index contributed by atoms with van der Waals surface area (Å²) in [6.07, 6.45) is -1.05. The summed E-state index contributed by atoms with van der Waals surface area (Å²) in [4.78, 5) is 61.4. The Morgan fingerprint density at radius 2 is 1.75 bits per heavy atom. The van der Waals surface area contributed by atoms with Crippen LogP contribution in [-0.4, -0.2) is 86.3 Å². The van der Waals surface area contributed by atoms with Crippen molar-refractivity contribution in [3.8, 4) is 0 Å². The standard InChI is InChI=1S/C21H30N2O12S/c1-13(2)17(24)32-12-33-19(26)22-15(18(25)30-9-6-23-4-7-29-8-5-23)11-36-21(28)31-10-16-14(3)34-20(27)35-16/h13,15H,4-12H2,1-3H3,(H,22,26)/t15-/m0/s1. The maximum Gasteiger partial charge on any atom is 0.519 e. The van der Waals surface area contributed by atoms with Gasteiger partial charge in [-0.15, -0.1) is 0 Å². The van der Waals surface area contributed by atoms with Crippen molar-refractivity contribution in [2.45, 2.75) is 33.4 Å². The van der Waals surface area contributed by atoms with E-state index in [-0.39, 0.29) is 30.5 Å². The normalized spacial score (nSPS) is 14.7. The van der Waals surface area contributed by atoms with E-state index in [0.29, 0.717) is 44.6 Å². The lowest BCUT2D eigenvalue weighted by molar-refractivity contribution is -0.156. The molecule has 0 aromatic carbocycles. The van der Waals surface area contributed by atoms with Gasteiger partial charge in [-0.05, 0) is 18.7 Å². The third-order valence-electron chi connectivity index (χ3n) is 4.72. The quantitative estimate of drug-likeness (QED) is 0.229. The molecule has 2 heterocycles. The summed E-state index contributed by atoms with van der Waals surface area (Å²) < 4.78 is 34.5. The molecular formula is C21H30N2O12S. The molecule has 15 heteroatoms. The second-order valence-corrected chi connectivity index (χ2v) is 8.72. The summed E-state index contributed by atoms with van der Waals surface area (Å²) in [6, 6.07) is -1.27. The lowest BCUT2D eigenvalue weighted by atomic mass is 10.2. The Hall–Kier alpha value is -3.04. The molecule has 0 bridgehead atoms. The smallest absolute Gasteiger partial charge is 0.463 e. The van der Waals surface area contributed by atoms with Gasteiger partial charge in [0.05, 0.1) is 19.1 Å². The molecule has 36 heavy (non-hydrogen) atoms. The summed E-state index contributed by atoms with van der Waals surface area (Å²) in [5, 5.41) is 1.49. The zero-order valence-electron chi connectivity index (χ0n) is 20.3. The number of alkyl carbamates (subject to hydrolysis) is 1. The molecule has 0 radical (unpaired) electrons. The minimum absolute atomic E-state index is 0.0469. The second kappa shape index (κ2) is 15.2. The molecule has 1 aliphatic heterocycles. The largest absolute Gasteiger partial charge is 0.519 e. The Morgan fingerprint density at radius 3 is 2.39 bits per heavy atom. The van der Waals surface area contributed by atoms with E-state index >= 15 is 0 Å². The van der Waals surface area contributed by atoms with Gasteiger partial charge in [0.1, 0.15) is 12.6 Å². The lowest BCUT2D eigenvalue weighted by Gasteiger charge is -2.26. The van der Waals surface area contributed by atoms with Crippen LogP contribution in [0, 0.1) is 12.8 Å². The fourth-order valence-electron chi connectivity index (χ4n) is 2.68. The summed E-state index contributed by atoms with van der Waals surface area (Å²) >= 11 is 0.586. The number of morpholine rings is 1. The third-order valence-corrected chi connectivity index (χ3v) is 5.57. The first-order valence-corrected chi connectivity index (χ1v) is 12.1. The number of hydrogen-bond donors (Lipinski definition) is 1. The molecule has 0 spiro atoms. The maximum atomic E-state index is 12.6. The Bertz CT molecular complexity index is 938. The molecule has 1 aliphatic rings. The minimum Gasteiger partial charge on any atom is -0.463 e. The van der Waals surface area contributed by atoms with Crippen LogP contribution in [0.5, 0.6) is 0 Å². The molecule has 1 amide bonds. The van der Waals surface area contributed by atoms with Crippen molar-refractivity contribution in [3.05, 3.63) is 22.1 Å². The zero-order valence-corrected chi connectivity index (χ0v) is 21.1. The van der Waals surface area contributed by atoms with Crippen LogP contribution in [0.1, 0.15) is 25.4 Å². The van der Waals surface area contributed by atoms with Gasteiger partial charge in [-0.25, -0.2) is 19.2 Å². The van der Waals surface area contributed by atoms with Gasteiger partial charge in [0.2, 0.25) is 6.79 Å². The molecule has 202 valence electrons. The summed E-state index contributed by atoms with van der Waals surface area (Å²) in [6.45, 7) is 6.83. The highest BCUT2D eigenvalue weighted by Gasteiger charge is 2.26. The van der Waals surface area contributed by atoms with Crippen molar-refractivity contribution in [1.29, 1.82) is 0 Å². The van der Waals surface area contributed by atoms with Crippen molar-refractivity contribution in [2.75, 3.05) is 52.0 Å². The van der Waals surface area contributed by atoms with Gasteiger partial charge in [0, 0.05) is 25.4 Å². The van der Waals surface area contributed by atoms with Crippen LogP contribution < -0.4 is 11.1 Å². The number of carbonyl (C=O) groups is 4. The van der Waals surface area contributed by atoms with Gasteiger partial charge in [-0.3, -0.25) is 9.69 Å². The number of thioether (sulfide) groups is 1.